The van der Waals surface area contributed by atoms with Crippen LogP contribution in [0.3, 0.4) is 0 Å². The Morgan fingerprint density at radius 3 is 2.56 bits per heavy atom. The maximum Gasteiger partial charge on any atom is 0.400 e. The van der Waals surface area contributed by atoms with E-state index in [1.165, 1.54) is 0 Å². The molecule has 0 aromatic carbocycles. The molecule has 0 aromatic rings. The van der Waals surface area contributed by atoms with Crippen molar-refractivity contribution in [2.24, 2.45) is 16.8 Å². The van der Waals surface area contributed by atoms with E-state index in [1.807, 2.05) is 18.7 Å². The van der Waals surface area contributed by atoms with E-state index >= 15 is 0 Å². The van der Waals surface area contributed by atoms with Crippen LogP contribution in [0.15, 0.2) is 5.16 Å². The highest BCUT2D eigenvalue weighted by Gasteiger charge is 2.45. The van der Waals surface area contributed by atoms with E-state index in [1.54, 1.807) is 0 Å². The number of nitrogens with zero attached hydrogens (tertiary/aromatic N) is 2. The van der Waals surface area contributed by atoms with Gasteiger partial charge in [-0.05, 0) is 26.2 Å². The minimum atomic E-state index is -4.49. The average molecular weight is 267 g/mol. The number of halogens is 3. The quantitative estimate of drug-likeness (QED) is 0.355. The molecule has 1 heterocycles. The van der Waals surface area contributed by atoms with E-state index in [4.69, 9.17) is 10.9 Å². The lowest BCUT2D eigenvalue weighted by Gasteiger charge is -2.32. The Morgan fingerprint density at radius 1 is 1.50 bits per heavy atom. The molecule has 0 bridgehead atoms. The highest BCUT2D eigenvalue weighted by molar-refractivity contribution is 5.83. The van der Waals surface area contributed by atoms with E-state index < -0.39 is 17.9 Å². The lowest BCUT2D eigenvalue weighted by atomic mass is 10.1. The normalized spacial score (nSPS) is 28.6. The predicted octanol–water partition coefficient (Wildman–Crippen LogP) is 2.17. The van der Waals surface area contributed by atoms with Gasteiger partial charge in [0, 0.05) is 18.6 Å². The molecule has 18 heavy (non-hydrogen) atoms. The SMILES string of the molecule is CCC1CCC(C)N1CC(C(N)=NO)C(F)(F)F. The number of oxime groups is 1. The zero-order valence-electron chi connectivity index (χ0n) is 10.6. The molecule has 1 rings (SSSR count). The van der Waals surface area contributed by atoms with Crippen LogP contribution < -0.4 is 5.73 Å². The van der Waals surface area contributed by atoms with Crippen LogP contribution in [0, 0.1) is 5.92 Å². The van der Waals surface area contributed by atoms with Crippen LogP contribution in [0.1, 0.15) is 33.1 Å². The molecule has 0 aliphatic carbocycles. The van der Waals surface area contributed by atoms with Gasteiger partial charge in [-0.1, -0.05) is 12.1 Å². The van der Waals surface area contributed by atoms with Gasteiger partial charge >= 0.3 is 6.18 Å². The summed E-state index contributed by atoms with van der Waals surface area (Å²) in [6, 6.07) is 0.252. The summed E-state index contributed by atoms with van der Waals surface area (Å²) in [4.78, 5) is 1.82. The molecular formula is C11H20F3N3O. The molecule has 1 fully saturated rings. The van der Waals surface area contributed by atoms with Gasteiger partial charge < -0.3 is 10.9 Å². The van der Waals surface area contributed by atoms with E-state index in [0.29, 0.717) is 0 Å². The van der Waals surface area contributed by atoms with E-state index in [-0.39, 0.29) is 18.6 Å². The molecular weight excluding hydrogens is 247 g/mol. The summed E-state index contributed by atoms with van der Waals surface area (Å²) >= 11 is 0. The Bertz CT molecular complexity index is 306. The lowest BCUT2D eigenvalue weighted by molar-refractivity contribution is -0.161. The molecule has 106 valence electrons. The van der Waals surface area contributed by atoms with Crippen LogP contribution in [-0.2, 0) is 0 Å². The van der Waals surface area contributed by atoms with Gasteiger partial charge in [0.2, 0.25) is 0 Å². The van der Waals surface area contributed by atoms with E-state index in [2.05, 4.69) is 5.16 Å². The molecule has 7 heteroatoms. The van der Waals surface area contributed by atoms with Crippen LogP contribution in [0.5, 0.6) is 0 Å². The fraction of sp³-hybridized carbons (Fsp3) is 0.909. The first-order chi connectivity index (χ1) is 8.31. The topological polar surface area (TPSA) is 61.8 Å². The maximum atomic E-state index is 12.9. The highest BCUT2D eigenvalue weighted by atomic mass is 19.4. The molecule has 0 amide bonds. The molecule has 0 spiro atoms. The molecule has 1 saturated heterocycles. The van der Waals surface area contributed by atoms with Crippen molar-refractivity contribution >= 4 is 5.84 Å². The van der Waals surface area contributed by atoms with E-state index in [0.717, 1.165) is 19.3 Å². The van der Waals surface area contributed by atoms with Gasteiger partial charge in [-0.25, -0.2) is 0 Å². The summed E-state index contributed by atoms with van der Waals surface area (Å²) in [6.07, 6.45) is -1.89. The third-order valence-electron chi connectivity index (χ3n) is 3.69. The van der Waals surface area contributed by atoms with Gasteiger partial charge in [0.05, 0.1) is 0 Å². The first-order valence-corrected chi connectivity index (χ1v) is 6.11. The number of hydrogen-bond donors (Lipinski definition) is 2. The van der Waals surface area contributed by atoms with Crippen molar-refractivity contribution in [3.8, 4) is 0 Å². The summed E-state index contributed by atoms with van der Waals surface area (Å²) in [5, 5.41) is 11.0. The average Bonchev–Trinajstić information content (AvgIpc) is 2.64. The minimum absolute atomic E-state index is 0.103. The second kappa shape index (κ2) is 5.77. The van der Waals surface area contributed by atoms with Gasteiger partial charge in [-0.15, -0.1) is 0 Å². The molecule has 0 radical (unpaired) electrons. The maximum absolute atomic E-state index is 12.9. The van der Waals surface area contributed by atoms with Crippen molar-refractivity contribution in [1.29, 1.82) is 0 Å². The van der Waals surface area contributed by atoms with Crippen LogP contribution in [-0.4, -0.2) is 40.7 Å². The monoisotopic (exact) mass is 267 g/mol. The van der Waals surface area contributed by atoms with Gasteiger partial charge in [0.1, 0.15) is 5.92 Å². The Hall–Kier alpha value is -0.980. The third-order valence-corrected chi connectivity index (χ3v) is 3.69. The Labute approximate surface area is 105 Å². The molecule has 3 unspecified atom stereocenters. The summed E-state index contributed by atoms with van der Waals surface area (Å²) in [5.74, 6) is -2.67. The van der Waals surface area contributed by atoms with E-state index in [9.17, 15) is 13.2 Å². The zero-order valence-corrected chi connectivity index (χ0v) is 10.6. The van der Waals surface area contributed by atoms with Gasteiger partial charge in [0.25, 0.3) is 0 Å². The fourth-order valence-corrected chi connectivity index (χ4v) is 2.54. The third kappa shape index (κ3) is 3.28. The first-order valence-electron chi connectivity index (χ1n) is 6.11. The molecule has 0 aromatic heterocycles. The van der Waals surface area contributed by atoms with Gasteiger partial charge in [-0.3, -0.25) is 4.90 Å². The van der Waals surface area contributed by atoms with Crippen LogP contribution in [0.4, 0.5) is 13.2 Å². The minimum Gasteiger partial charge on any atom is -0.409 e. The van der Waals surface area contributed by atoms with Crippen LogP contribution in [0.2, 0.25) is 0 Å². The summed E-state index contributed by atoms with van der Waals surface area (Å²) in [5.41, 5.74) is 5.17. The molecule has 4 nitrogen and oxygen atoms in total. The summed E-state index contributed by atoms with van der Waals surface area (Å²) in [6.45, 7) is 3.64. The molecule has 1 aliphatic heterocycles. The fourth-order valence-electron chi connectivity index (χ4n) is 2.54. The zero-order chi connectivity index (χ0) is 13.9. The second-order valence-electron chi connectivity index (χ2n) is 4.80. The van der Waals surface area contributed by atoms with Gasteiger partial charge in [-0.2, -0.15) is 13.2 Å². The lowest BCUT2D eigenvalue weighted by Crippen LogP contribution is -2.47. The van der Waals surface area contributed by atoms with Crippen molar-refractivity contribution < 1.29 is 18.4 Å². The van der Waals surface area contributed by atoms with Crippen molar-refractivity contribution in [3.05, 3.63) is 0 Å². The van der Waals surface area contributed by atoms with Crippen molar-refractivity contribution in [1.82, 2.24) is 4.90 Å². The molecule has 3 atom stereocenters. The standard InChI is InChI=1S/C11H20F3N3O/c1-3-8-5-4-7(2)17(8)6-9(10(15)16-18)11(12,13)14/h7-9,18H,3-6H2,1-2H3,(H2,15,16). The van der Waals surface area contributed by atoms with Crippen molar-refractivity contribution in [2.45, 2.75) is 51.4 Å². The second-order valence-corrected chi connectivity index (χ2v) is 4.80. The molecule has 1 aliphatic rings. The number of likely N-dealkylation sites (tertiary alicyclic amines) is 1. The number of hydrogen-bond acceptors (Lipinski definition) is 3. The Kier molecular flexibility index (Phi) is 4.84. The highest BCUT2D eigenvalue weighted by Crippen LogP contribution is 2.32. The largest absolute Gasteiger partial charge is 0.409 e. The predicted molar refractivity (Wildman–Crippen MR) is 62.4 cm³/mol. The van der Waals surface area contributed by atoms with Gasteiger partial charge in [0.15, 0.2) is 5.84 Å². The van der Waals surface area contributed by atoms with Crippen LogP contribution in [0.25, 0.3) is 0 Å². The van der Waals surface area contributed by atoms with Crippen molar-refractivity contribution in [3.63, 3.8) is 0 Å². The smallest absolute Gasteiger partial charge is 0.400 e. The van der Waals surface area contributed by atoms with Crippen LogP contribution >= 0.6 is 0 Å². The Balaban J connectivity index is 2.83. The number of rotatable bonds is 4. The first kappa shape index (κ1) is 15.1. The molecule has 3 N–H and O–H groups in total. The number of amidine groups is 1. The summed E-state index contributed by atoms with van der Waals surface area (Å²) < 4.78 is 38.6. The van der Waals surface area contributed by atoms with Crippen molar-refractivity contribution in [2.75, 3.05) is 6.54 Å². The Morgan fingerprint density at radius 2 is 2.11 bits per heavy atom. The molecule has 0 saturated carbocycles. The summed E-state index contributed by atoms with van der Waals surface area (Å²) in [7, 11) is 0. The number of nitrogens with two attached hydrogens (primary N) is 1. The number of alkyl halides is 3.